The van der Waals surface area contributed by atoms with Crippen molar-refractivity contribution in [2.45, 2.75) is 38.3 Å². The van der Waals surface area contributed by atoms with Gasteiger partial charge in [0, 0.05) is 12.6 Å². The molecule has 0 radical (unpaired) electrons. The Morgan fingerprint density at radius 2 is 1.96 bits per heavy atom. The van der Waals surface area contributed by atoms with E-state index < -0.39 is 41.9 Å². The molecule has 4 atom stereocenters. The van der Waals surface area contributed by atoms with Gasteiger partial charge in [0.15, 0.2) is 5.54 Å². The lowest BCUT2D eigenvalue weighted by atomic mass is 9.79. The summed E-state index contributed by atoms with van der Waals surface area (Å²) in [6.07, 6.45) is 1.48. The zero-order valence-corrected chi connectivity index (χ0v) is 14.9. The second kappa shape index (κ2) is 6.81. The van der Waals surface area contributed by atoms with Gasteiger partial charge in [0.2, 0.25) is 11.8 Å². The topological polar surface area (TPSA) is 107 Å². The molecule has 0 saturated carbocycles. The average Bonchev–Trinajstić information content (AvgIpc) is 3.09. The molecule has 0 bridgehead atoms. The van der Waals surface area contributed by atoms with Crippen LogP contribution in [0.5, 0.6) is 0 Å². The summed E-state index contributed by atoms with van der Waals surface area (Å²) < 4.78 is 0. The largest absolute Gasteiger partial charge is 0.480 e. The van der Waals surface area contributed by atoms with Gasteiger partial charge < -0.3 is 10.2 Å². The van der Waals surface area contributed by atoms with Gasteiger partial charge in [0.1, 0.15) is 0 Å². The Hall–Kier alpha value is -2.25. The van der Waals surface area contributed by atoms with Crippen LogP contribution >= 0.6 is 0 Å². The van der Waals surface area contributed by atoms with Gasteiger partial charge >= 0.3 is 5.97 Å². The number of carbonyl (C=O) groups excluding carboxylic acids is 2. The maximum Gasteiger partial charge on any atom is 0.327 e. The van der Waals surface area contributed by atoms with Crippen molar-refractivity contribution in [1.29, 1.82) is 0 Å². The van der Waals surface area contributed by atoms with Crippen molar-refractivity contribution in [1.82, 2.24) is 10.2 Å². The highest BCUT2D eigenvalue weighted by Gasteiger charge is 2.68. The number of carboxylic acids is 1. The third-order valence-corrected chi connectivity index (χ3v) is 5.64. The molecule has 7 nitrogen and oxygen atoms in total. The normalized spacial score (nSPS) is 30.7. The van der Waals surface area contributed by atoms with Crippen LogP contribution in [-0.4, -0.2) is 51.6 Å². The number of hydrogen-bond donors (Lipinski definition) is 3. The van der Waals surface area contributed by atoms with E-state index in [9.17, 15) is 24.6 Å². The standard InChI is InChI=1S/C19H24N2O5/c1-3-4-9-21-16(23)13-14(17(21)24)19(10-22,18(25)26)20-15(13)12-8-6-5-7-11(12)2/h5-8,13-15,20,22H,3-4,9-10H2,1-2H3,(H,25,26). The van der Waals surface area contributed by atoms with E-state index in [1.54, 1.807) is 0 Å². The highest BCUT2D eigenvalue weighted by molar-refractivity contribution is 6.09. The maximum absolute atomic E-state index is 13.0. The molecule has 2 amide bonds. The SMILES string of the molecule is CCCCN1C(=O)C2C(c3ccccc3C)NC(CO)(C(=O)O)C2C1=O. The zero-order valence-electron chi connectivity index (χ0n) is 14.9. The number of benzene rings is 1. The van der Waals surface area contributed by atoms with Gasteiger partial charge in [-0.3, -0.25) is 24.6 Å². The Labute approximate surface area is 152 Å². The summed E-state index contributed by atoms with van der Waals surface area (Å²) >= 11 is 0. The number of amides is 2. The fraction of sp³-hybridized carbons (Fsp3) is 0.526. The first kappa shape index (κ1) is 18.5. The molecule has 3 rings (SSSR count). The number of imide groups is 1. The number of aryl methyl sites for hydroxylation is 1. The second-order valence-electron chi connectivity index (χ2n) is 7.10. The first-order valence-electron chi connectivity index (χ1n) is 8.91. The number of fused-ring (bicyclic) bond motifs is 1. The summed E-state index contributed by atoms with van der Waals surface area (Å²) in [5.41, 5.74) is -0.182. The molecular formula is C19H24N2O5. The number of aliphatic hydroxyl groups excluding tert-OH is 1. The molecule has 1 aromatic rings. The summed E-state index contributed by atoms with van der Waals surface area (Å²) in [7, 11) is 0. The number of nitrogens with zero attached hydrogens (tertiary/aromatic N) is 1. The van der Waals surface area contributed by atoms with Crippen LogP contribution in [0.1, 0.15) is 36.9 Å². The van der Waals surface area contributed by atoms with Gasteiger partial charge in [-0.2, -0.15) is 0 Å². The molecule has 2 saturated heterocycles. The average molecular weight is 360 g/mol. The lowest BCUT2D eigenvalue weighted by Gasteiger charge is -2.29. The monoisotopic (exact) mass is 360 g/mol. The molecule has 2 fully saturated rings. The number of likely N-dealkylation sites (tertiary alicyclic amines) is 1. The molecule has 26 heavy (non-hydrogen) atoms. The fourth-order valence-electron chi connectivity index (χ4n) is 4.21. The van der Waals surface area contributed by atoms with Gasteiger partial charge in [-0.05, 0) is 24.5 Å². The van der Waals surface area contributed by atoms with Crippen LogP contribution in [0.25, 0.3) is 0 Å². The number of carboxylic acid groups (broad SMARTS) is 1. The second-order valence-corrected chi connectivity index (χ2v) is 7.10. The molecule has 0 aliphatic carbocycles. The molecule has 0 aromatic heterocycles. The lowest BCUT2D eigenvalue weighted by Crippen LogP contribution is -2.58. The molecule has 2 aliphatic heterocycles. The van der Waals surface area contributed by atoms with Crippen LogP contribution in [0, 0.1) is 18.8 Å². The molecule has 2 aliphatic rings. The van der Waals surface area contributed by atoms with Crippen LogP contribution in [0.3, 0.4) is 0 Å². The van der Waals surface area contributed by atoms with Gasteiger partial charge in [0.25, 0.3) is 0 Å². The maximum atomic E-state index is 13.0. The lowest BCUT2D eigenvalue weighted by molar-refractivity contribution is -0.153. The Morgan fingerprint density at radius 3 is 2.54 bits per heavy atom. The predicted octanol–water partition coefficient (Wildman–Crippen LogP) is 0.856. The summed E-state index contributed by atoms with van der Waals surface area (Å²) in [5.74, 6) is -4.12. The third kappa shape index (κ3) is 2.54. The van der Waals surface area contributed by atoms with E-state index in [4.69, 9.17) is 0 Å². The van der Waals surface area contributed by atoms with E-state index in [1.807, 2.05) is 38.1 Å². The Bertz CT molecular complexity index is 749. The summed E-state index contributed by atoms with van der Waals surface area (Å²) in [6, 6.07) is 6.74. The summed E-state index contributed by atoms with van der Waals surface area (Å²) in [5, 5.41) is 22.6. The van der Waals surface area contributed by atoms with Crippen molar-refractivity contribution in [3.63, 3.8) is 0 Å². The van der Waals surface area contributed by atoms with Crippen LogP contribution < -0.4 is 5.32 Å². The minimum absolute atomic E-state index is 0.281. The number of carbonyl (C=O) groups is 3. The first-order chi connectivity index (χ1) is 12.4. The van der Waals surface area contributed by atoms with Crippen LogP contribution in [-0.2, 0) is 14.4 Å². The Kier molecular flexibility index (Phi) is 4.86. The molecule has 2 heterocycles. The van der Waals surface area contributed by atoms with Gasteiger partial charge in [0.05, 0.1) is 18.4 Å². The van der Waals surface area contributed by atoms with Crippen molar-refractivity contribution >= 4 is 17.8 Å². The third-order valence-electron chi connectivity index (χ3n) is 5.64. The minimum Gasteiger partial charge on any atom is -0.480 e. The minimum atomic E-state index is -1.86. The van der Waals surface area contributed by atoms with Gasteiger partial charge in [-0.15, -0.1) is 0 Å². The summed E-state index contributed by atoms with van der Waals surface area (Å²) in [4.78, 5) is 39.2. The van der Waals surface area contributed by atoms with E-state index in [0.29, 0.717) is 6.42 Å². The van der Waals surface area contributed by atoms with Crippen LogP contribution in [0.2, 0.25) is 0 Å². The Morgan fingerprint density at radius 1 is 1.27 bits per heavy atom. The van der Waals surface area contributed by atoms with Gasteiger partial charge in [-0.25, -0.2) is 0 Å². The van der Waals surface area contributed by atoms with Crippen molar-refractivity contribution in [3.8, 4) is 0 Å². The van der Waals surface area contributed by atoms with E-state index in [0.717, 1.165) is 17.5 Å². The smallest absolute Gasteiger partial charge is 0.327 e. The molecule has 4 unspecified atom stereocenters. The van der Waals surface area contributed by atoms with E-state index in [-0.39, 0.29) is 12.5 Å². The van der Waals surface area contributed by atoms with Crippen molar-refractivity contribution < 1.29 is 24.6 Å². The van der Waals surface area contributed by atoms with E-state index >= 15 is 0 Å². The van der Waals surface area contributed by atoms with Crippen LogP contribution in [0.4, 0.5) is 0 Å². The highest BCUT2D eigenvalue weighted by atomic mass is 16.4. The highest BCUT2D eigenvalue weighted by Crippen LogP contribution is 2.49. The van der Waals surface area contributed by atoms with Crippen LogP contribution in [0.15, 0.2) is 24.3 Å². The van der Waals surface area contributed by atoms with E-state index in [1.165, 1.54) is 4.90 Å². The van der Waals surface area contributed by atoms with Crippen molar-refractivity contribution in [3.05, 3.63) is 35.4 Å². The van der Waals surface area contributed by atoms with Crippen molar-refractivity contribution in [2.75, 3.05) is 13.2 Å². The number of nitrogens with one attached hydrogen (secondary N) is 1. The molecule has 1 aromatic carbocycles. The molecule has 140 valence electrons. The molecule has 7 heteroatoms. The number of hydrogen-bond acceptors (Lipinski definition) is 5. The number of aliphatic hydroxyl groups is 1. The molecule has 3 N–H and O–H groups in total. The fourth-order valence-corrected chi connectivity index (χ4v) is 4.21. The number of unbranched alkanes of at least 4 members (excludes halogenated alkanes) is 1. The number of rotatable bonds is 6. The zero-order chi connectivity index (χ0) is 19.1. The Balaban J connectivity index is 2.10. The van der Waals surface area contributed by atoms with Gasteiger partial charge in [-0.1, -0.05) is 37.6 Å². The first-order valence-corrected chi connectivity index (χ1v) is 8.91. The summed E-state index contributed by atoms with van der Waals surface area (Å²) in [6.45, 7) is 3.36. The molecule has 0 spiro atoms. The predicted molar refractivity (Wildman–Crippen MR) is 93.1 cm³/mol. The molecular weight excluding hydrogens is 336 g/mol. The van der Waals surface area contributed by atoms with E-state index in [2.05, 4.69) is 5.32 Å². The quantitative estimate of drug-likeness (QED) is 0.650. The van der Waals surface area contributed by atoms with Crippen molar-refractivity contribution in [2.24, 2.45) is 11.8 Å². The number of aliphatic carboxylic acids is 1.